The Morgan fingerprint density at radius 1 is 1.21 bits per heavy atom. The Hall–Kier alpha value is -2.70. The van der Waals surface area contributed by atoms with Gasteiger partial charge in [-0.25, -0.2) is 9.78 Å². The van der Waals surface area contributed by atoms with Crippen molar-refractivity contribution in [2.45, 2.75) is 44.7 Å². The van der Waals surface area contributed by atoms with Crippen LogP contribution in [0.5, 0.6) is 0 Å². The van der Waals surface area contributed by atoms with Crippen molar-refractivity contribution >= 4 is 11.9 Å². The zero-order chi connectivity index (χ0) is 16.7. The molecule has 0 spiro atoms. The lowest BCUT2D eigenvalue weighted by molar-refractivity contribution is -0.142. The molecule has 3 heterocycles. The molecule has 0 saturated heterocycles. The number of aromatic amines is 1. The molecule has 2 aliphatic rings. The van der Waals surface area contributed by atoms with Crippen molar-refractivity contribution in [2.75, 3.05) is 0 Å². The first-order chi connectivity index (χ1) is 11.6. The number of hydrogen-bond donors (Lipinski definition) is 2. The maximum absolute atomic E-state index is 12.9. The van der Waals surface area contributed by atoms with E-state index in [-0.39, 0.29) is 18.9 Å². The van der Waals surface area contributed by atoms with E-state index in [1.165, 1.54) is 11.2 Å². The Kier molecular flexibility index (Phi) is 3.55. The van der Waals surface area contributed by atoms with E-state index >= 15 is 0 Å². The maximum atomic E-state index is 12.9. The first kappa shape index (κ1) is 14.9. The largest absolute Gasteiger partial charge is 0.480 e. The third kappa shape index (κ3) is 2.46. The molecule has 7 nitrogen and oxygen atoms in total. The maximum Gasteiger partial charge on any atom is 0.326 e. The van der Waals surface area contributed by atoms with Gasteiger partial charge in [0.05, 0.1) is 29.8 Å². The lowest BCUT2D eigenvalue weighted by atomic mass is 9.94. The van der Waals surface area contributed by atoms with Crippen LogP contribution in [0, 0.1) is 0 Å². The standard InChI is InChI=1S/C17H18N4O3/c22-16(11-5-10-3-1-2-4-12(10)18-7-11)21-8-14-13(19-9-20-14)6-15(21)17(23)24/h5,7,9,15H,1-4,6,8H2,(H,19,20)(H,23,24)/t15-/m0/s1. The van der Waals surface area contributed by atoms with Crippen LogP contribution in [0.1, 0.15) is 45.8 Å². The van der Waals surface area contributed by atoms with Crippen molar-refractivity contribution in [2.24, 2.45) is 0 Å². The third-order valence-electron chi connectivity index (χ3n) is 4.86. The summed E-state index contributed by atoms with van der Waals surface area (Å²) in [4.78, 5) is 37.5. The van der Waals surface area contributed by atoms with Crippen molar-refractivity contribution in [1.29, 1.82) is 0 Å². The number of nitrogens with zero attached hydrogens (tertiary/aromatic N) is 3. The summed E-state index contributed by atoms with van der Waals surface area (Å²) in [6.07, 6.45) is 7.44. The molecule has 2 aromatic heterocycles. The van der Waals surface area contributed by atoms with Gasteiger partial charge in [-0.1, -0.05) is 0 Å². The van der Waals surface area contributed by atoms with Gasteiger partial charge in [0.25, 0.3) is 5.91 Å². The Morgan fingerprint density at radius 2 is 2.04 bits per heavy atom. The predicted octanol–water partition coefficient (Wildman–Crippen LogP) is 1.34. The van der Waals surface area contributed by atoms with Gasteiger partial charge in [0.1, 0.15) is 6.04 Å². The fourth-order valence-corrected chi connectivity index (χ4v) is 3.54. The summed E-state index contributed by atoms with van der Waals surface area (Å²) in [5, 5.41) is 9.51. The molecule has 0 unspecified atom stereocenters. The van der Waals surface area contributed by atoms with E-state index in [0.717, 1.165) is 48.3 Å². The summed E-state index contributed by atoms with van der Waals surface area (Å²) in [5.41, 5.74) is 4.15. The van der Waals surface area contributed by atoms with Crippen molar-refractivity contribution in [1.82, 2.24) is 19.9 Å². The summed E-state index contributed by atoms with van der Waals surface area (Å²) in [5.74, 6) is -1.30. The monoisotopic (exact) mass is 326 g/mol. The first-order valence-electron chi connectivity index (χ1n) is 8.16. The van der Waals surface area contributed by atoms with Crippen LogP contribution < -0.4 is 0 Å². The second kappa shape index (κ2) is 5.74. The molecule has 0 aromatic carbocycles. The van der Waals surface area contributed by atoms with E-state index in [1.54, 1.807) is 6.20 Å². The minimum absolute atomic E-state index is 0.221. The number of carbonyl (C=O) groups is 2. The zero-order valence-corrected chi connectivity index (χ0v) is 13.2. The highest BCUT2D eigenvalue weighted by molar-refractivity contribution is 5.96. The normalized spacial score (nSPS) is 19.5. The summed E-state index contributed by atoms with van der Waals surface area (Å²) >= 11 is 0. The van der Waals surface area contributed by atoms with Crippen LogP contribution >= 0.6 is 0 Å². The number of H-pyrrole nitrogens is 1. The molecular formula is C17H18N4O3. The topological polar surface area (TPSA) is 99.2 Å². The molecular weight excluding hydrogens is 308 g/mol. The van der Waals surface area contributed by atoms with Crippen LogP contribution in [-0.2, 0) is 30.6 Å². The first-order valence-corrected chi connectivity index (χ1v) is 8.16. The number of rotatable bonds is 2. The molecule has 0 fully saturated rings. The third-order valence-corrected chi connectivity index (χ3v) is 4.86. The Morgan fingerprint density at radius 3 is 2.88 bits per heavy atom. The molecule has 1 aliphatic carbocycles. The Labute approximate surface area is 138 Å². The zero-order valence-electron chi connectivity index (χ0n) is 13.2. The summed E-state index contributed by atoms with van der Waals surface area (Å²) in [6, 6.07) is 0.981. The minimum atomic E-state index is -1.01. The number of hydrogen-bond acceptors (Lipinski definition) is 4. The van der Waals surface area contributed by atoms with Crippen LogP contribution in [0.2, 0.25) is 0 Å². The summed E-state index contributed by atoms with van der Waals surface area (Å²) in [7, 11) is 0. The van der Waals surface area contributed by atoms with E-state index in [4.69, 9.17) is 0 Å². The molecule has 0 saturated carbocycles. The second-order valence-electron chi connectivity index (χ2n) is 6.36. The van der Waals surface area contributed by atoms with Crippen LogP contribution in [-0.4, -0.2) is 42.9 Å². The lowest BCUT2D eigenvalue weighted by Gasteiger charge is -2.32. The smallest absolute Gasteiger partial charge is 0.326 e. The van der Waals surface area contributed by atoms with Gasteiger partial charge in [-0.2, -0.15) is 0 Å². The number of aliphatic carboxylic acids is 1. The van der Waals surface area contributed by atoms with Gasteiger partial charge in [-0.3, -0.25) is 9.78 Å². The van der Waals surface area contributed by atoms with Gasteiger partial charge in [0, 0.05) is 18.3 Å². The van der Waals surface area contributed by atoms with Crippen LogP contribution in [0.15, 0.2) is 18.6 Å². The lowest BCUT2D eigenvalue weighted by Crippen LogP contribution is -2.48. The molecule has 1 atom stereocenters. The van der Waals surface area contributed by atoms with E-state index in [9.17, 15) is 14.7 Å². The minimum Gasteiger partial charge on any atom is -0.480 e. The van der Waals surface area contributed by atoms with E-state index < -0.39 is 12.0 Å². The highest BCUT2D eigenvalue weighted by Gasteiger charge is 2.36. The molecule has 4 rings (SSSR count). The fraction of sp³-hybridized carbons (Fsp3) is 0.412. The molecule has 1 amide bonds. The highest BCUT2D eigenvalue weighted by atomic mass is 16.4. The van der Waals surface area contributed by atoms with Gasteiger partial charge in [-0.15, -0.1) is 0 Å². The van der Waals surface area contributed by atoms with Crippen molar-refractivity contribution in [3.8, 4) is 0 Å². The van der Waals surface area contributed by atoms with Gasteiger partial charge in [-0.05, 0) is 37.3 Å². The van der Waals surface area contributed by atoms with Crippen LogP contribution in [0.3, 0.4) is 0 Å². The number of pyridine rings is 1. The quantitative estimate of drug-likeness (QED) is 0.867. The molecule has 24 heavy (non-hydrogen) atoms. The number of carbonyl (C=O) groups excluding carboxylic acids is 1. The SMILES string of the molecule is O=C(O)[C@@H]1Cc2nc[nH]c2CN1C(=O)c1cnc2c(c1)CCCC2. The van der Waals surface area contributed by atoms with Gasteiger partial charge < -0.3 is 15.0 Å². The number of amides is 1. The molecule has 0 bridgehead atoms. The Balaban J connectivity index is 1.66. The van der Waals surface area contributed by atoms with Gasteiger partial charge in [0.15, 0.2) is 0 Å². The molecule has 2 aromatic rings. The van der Waals surface area contributed by atoms with Crippen LogP contribution in [0.4, 0.5) is 0 Å². The van der Waals surface area contributed by atoms with Crippen molar-refractivity contribution in [3.63, 3.8) is 0 Å². The molecule has 2 N–H and O–H groups in total. The molecule has 124 valence electrons. The average Bonchev–Trinajstić information content (AvgIpc) is 3.07. The fourth-order valence-electron chi connectivity index (χ4n) is 3.54. The van der Waals surface area contributed by atoms with Crippen molar-refractivity contribution in [3.05, 3.63) is 46.8 Å². The molecule has 7 heteroatoms. The average molecular weight is 326 g/mol. The molecule has 1 aliphatic heterocycles. The predicted molar refractivity (Wildman–Crippen MR) is 84.5 cm³/mol. The number of nitrogens with one attached hydrogen (secondary N) is 1. The number of carboxylic acid groups (broad SMARTS) is 1. The van der Waals surface area contributed by atoms with E-state index in [1.807, 2.05) is 6.07 Å². The number of imidazole rings is 1. The molecule has 0 radical (unpaired) electrons. The number of aromatic nitrogens is 3. The van der Waals surface area contributed by atoms with Gasteiger partial charge in [0.2, 0.25) is 0 Å². The van der Waals surface area contributed by atoms with E-state index in [2.05, 4.69) is 15.0 Å². The van der Waals surface area contributed by atoms with Crippen molar-refractivity contribution < 1.29 is 14.7 Å². The number of carboxylic acids is 1. The number of fused-ring (bicyclic) bond motifs is 2. The summed E-state index contributed by atoms with van der Waals surface area (Å²) < 4.78 is 0. The highest BCUT2D eigenvalue weighted by Crippen LogP contribution is 2.25. The number of aryl methyl sites for hydroxylation is 2. The second-order valence-corrected chi connectivity index (χ2v) is 6.36. The van der Waals surface area contributed by atoms with Crippen LogP contribution in [0.25, 0.3) is 0 Å². The summed E-state index contributed by atoms with van der Waals surface area (Å²) in [6.45, 7) is 0.224. The van der Waals surface area contributed by atoms with Gasteiger partial charge >= 0.3 is 5.97 Å². The van der Waals surface area contributed by atoms with E-state index in [0.29, 0.717) is 5.56 Å². The Bertz CT molecular complexity index is 814.